The maximum atomic E-state index is 3.28. The normalized spacial score (nSPS) is 11.6. The van der Waals surface area contributed by atoms with Gasteiger partial charge >= 0.3 is 0 Å². The van der Waals surface area contributed by atoms with Crippen molar-refractivity contribution in [2.75, 3.05) is 0 Å². The van der Waals surface area contributed by atoms with Gasteiger partial charge in [-0.05, 0) is 57.3 Å². The van der Waals surface area contributed by atoms with Gasteiger partial charge in [0.15, 0.2) is 0 Å². The third-order valence-corrected chi connectivity index (χ3v) is 5.07. The van der Waals surface area contributed by atoms with Crippen molar-refractivity contribution in [3.63, 3.8) is 0 Å². The zero-order chi connectivity index (χ0) is 20.4. The molecule has 28 heavy (non-hydrogen) atoms. The third-order valence-electron chi connectivity index (χ3n) is 5.07. The van der Waals surface area contributed by atoms with Crippen LogP contribution in [-0.2, 0) is 10.8 Å². The summed E-state index contributed by atoms with van der Waals surface area (Å²) in [6, 6.07) is 25.9. The van der Waals surface area contributed by atoms with Gasteiger partial charge in [0.05, 0.1) is 0 Å². The Labute approximate surface area is 170 Å². The number of benzene rings is 3. The summed E-state index contributed by atoms with van der Waals surface area (Å²) in [7, 11) is 0. The van der Waals surface area contributed by atoms with E-state index < -0.39 is 0 Å². The Morgan fingerprint density at radius 2 is 0.714 bits per heavy atom. The average Bonchev–Trinajstić information content (AvgIpc) is 2.66. The lowest BCUT2D eigenvalue weighted by Crippen LogP contribution is -2.10. The summed E-state index contributed by atoms with van der Waals surface area (Å²) >= 11 is 0. The molecule has 0 heterocycles. The Hall–Kier alpha value is -2.78. The van der Waals surface area contributed by atoms with E-state index in [1.54, 1.807) is 0 Å². The van der Waals surface area contributed by atoms with Gasteiger partial charge in [0.1, 0.15) is 0 Å². The monoisotopic (exact) mass is 366 g/mol. The SMILES string of the molecule is CC(C)(C)c1ccc(C#Cc2ccc(-c3ccc(C(C)(C)C)cc3)cc2)cc1. The van der Waals surface area contributed by atoms with E-state index >= 15 is 0 Å². The number of hydrogen-bond donors (Lipinski definition) is 0. The fourth-order valence-electron chi connectivity index (χ4n) is 3.11. The van der Waals surface area contributed by atoms with Gasteiger partial charge < -0.3 is 0 Å². The van der Waals surface area contributed by atoms with Crippen LogP contribution in [0.3, 0.4) is 0 Å². The van der Waals surface area contributed by atoms with Crippen molar-refractivity contribution in [3.05, 3.63) is 95.1 Å². The first-order valence-electron chi connectivity index (χ1n) is 9.96. The van der Waals surface area contributed by atoms with Gasteiger partial charge in [-0.1, -0.05) is 102 Å². The molecule has 0 aliphatic heterocycles. The minimum Gasteiger partial charge on any atom is -0.0617 e. The molecule has 0 bridgehead atoms. The lowest BCUT2D eigenvalue weighted by atomic mass is 9.86. The molecule has 0 N–H and O–H groups in total. The van der Waals surface area contributed by atoms with Crippen LogP contribution >= 0.6 is 0 Å². The molecule has 0 spiro atoms. The average molecular weight is 367 g/mol. The van der Waals surface area contributed by atoms with Crippen molar-refractivity contribution in [1.82, 2.24) is 0 Å². The summed E-state index contributed by atoms with van der Waals surface area (Å²) < 4.78 is 0. The van der Waals surface area contributed by atoms with Gasteiger partial charge in [0.2, 0.25) is 0 Å². The molecule has 0 amide bonds. The van der Waals surface area contributed by atoms with Gasteiger partial charge in [-0.3, -0.25) is 0 Å². The Morgan fingerprint density at radius 1 is 0.429 bits per heavy atom. The van der Waals surface area contributed by atoms with E-state index in [1.165, 1.54) is 22.3 Å². The van der Waals surface area contributed by atoms with Crippen LogP contribution in [0.25, 0.3) is 11.1 Å². The van der Waals surface area contributed by atoms with Gasteiger partial charge in [0, 0.05) is 11.1 Å². The zero-order valence-corrected chi connectivity index (χ0v) is 17.9. The Bertz CT molecular complexity index is 976. The summed E-state index contributed by atoms with van der Waals surface area (Å²) in [6.45, 7) is 13.4. The van der Waals surface area contributed by atoms with Crippen LogP contribution in [0.5, 0.6) is 0 Å². The molecule has 0 saturated carbocycles. The lowest BCUT2D eigenvalue weighted by molar-refractivity contribution is 0.590. The first-order valence-corrected chi connectivity index (χ1v) is 9.96. The van der Waals surface area contributed by atoms with Crippen molar-refractivity contribution in [3.8, 4) is 23.0 Å². The van der Waals surface area contributed by atoms with Crippen molar-refractivity contribution < 1.29 is 0 Å². The van der Waals surface area contributed by atoms with Crippen molar-refractivity contribution >= 4 is 0 Å². The summed E-state index contributed by atoms with van der Waals surface area (Å²) in [5.41, 5.74) is 7.60. The topological polar surface area (TPSA) is 0 Å². The highest BCUT2D eigenvalue weighted by Crippen LogP contribution is 2.26. The summed E-state index contributed by atoms with van der Waals surface area (Å²) in [5.74, 6) is 6.55. The van der Waals surface area contributed by atoms with E-state index in [2.05, 4.69) is 126 Å². The number of rotatable bonds is 1. The second-order valence-corrected chi connectivity index (χ2v) is 9.48. The Morgan fingerprint density at radius 3 is 1.07 bits per heavy atom. The van der Waals surface area contributed by atoms with E-state index in [9.17, 15) is 0 Å². The third kappa shape index (κ3) is 4.93. The molecule has 0 atom stereocenters. The molecule has 142 valence electrons. The van der Waals surface area contributed by atoms with Gasteiger partial charge in [0.25, 0.3) is 0 Å². The van der Waals surface area contributed by atoms with Crippen LogP contribution < -0.4 is 0 Å². The molecular weight excluding hydrogens is 336 g/mol. The van der Waals surface area contributed by atoms with Crippen LogP contribution in [0.2, 0.25) is 0 Å². The molecule has 3 aromatic carbocycles. The molecule has 3 rings (SSSR count). The molecule has 0 fully saturated rings. The first-order chi connectivity index (χ1) is 13.1. The molecule has 0 heteroatoms. The minimum atomic E-state index is 0.173. The highest BCUT2D eigenvalue weighted by atomic mass is 14.2. The largest absolute Gasteiger partial charge is 0.0617 e. The van der Waals surface area contributed by atoms with Crippen molar-refractivity contribution in [2.24, 2.45) is 0 Å². The Kier molecular flexibility index (Phi) is 5.48. The predicted molar refractivity (Wildman–Crippen MR) is 122 cm³/mol. The first kappa shape index (κ1) is 20.0. The molecule has 0 aliphatic carbocycles. The van der Waals surface area contributed by atoms with Gasteiger partial charge in [-0.2, -0.15) is 0 Å². The molecule has 0 aliphatic rings. The van der Waals surface area contributed by atoms with Crippen LogP contribution in [0, 0.1) is 11.8 Å². The fraction of sp³-hybridized carbons (Fsp3) is 0.286. The van der Waals surface area contributed by atoms with E-state index in [-0.39, 0.29) is 10.8 Å². The summed E-state index contributed by atoms with van der Waals surface area (Å²) in [6.07, 6.45) is 0. The molecule has 3 aromatic rings. The summed E-state index contributed by atoms with van der Waals surface area (Å²) in [5, 5.41) is 0. The molecular formula is C28H30. The predicted octanol–water partition coefficient (Wildman–Crippen LogP) is 7.35. The molecule has 0 aromatic heterocycles. The van der Waals surface area contributed by atoms with Crippen molar-refractivity contribution in [2.45, 2.75) is 52.4 Å². The second kappa shape index (κ2) is 7.69. The van der Waals surface area contributed by atoms with Crippen LogP contribution in [0.1, 0.15) is 63.8 Å². The molecule has 0 nitrogen and oxygen atoms in total. The van der Waals surface area contributed by atoms with Crippen LogP contribution in [-0.4, -0.2) is 0 Å². The van der Waals surface area contributed by atoms with E-state index in [1.807, 2.05) is 0 Å². The quantitative estimate of drug-likeness (QED) is 0.395. The minimum absolute atomic E-state index is 0.173. The van der Waals surface area contributed by atoms with Crippen molar-refractivity contribution in [1.29, 1.82) is 0 Å². The highest BCUT2D eigenvalue weighted by Gasteiger charge is 2.13. The fourth-order valence-corrected chi connectivity index (χ4v) is 3.11. The second-order valence-electron chi connectivity index (χ2n) is 9.48. The van der Waals surface area contributed by atoms with Crippen LogP contribution in [0.15, 0.2) is 72.8 Å². The smallest absolute Gasteiger partial charge is 0.0249 e. The molecule has 0 saturated heterocycles. The standard InChI is InChI=1S/C28H30/c1-27(2,3)25-17-11-22(12-18-25)8-7-21-9-13-23(14-10-21)24-15-19-26(20-16-24)28(4,5)6/h9-20H,1-6H3. The number of hydrogen-bond acceptors (Lipinski definition) is 0. The highest BCUT2D eigenvalue weighted by molar-refractivity contribution is 5.65. The van der Waals surface area contributed by atoms with E-state index in [0.717, 1.165) is 11.1 Å². The molecule has 0 unspecified atom stereocenters. The summed E-state index contributed by atoms with van der Waals surface area (Å²) in [4.78, 5) is 0. The maximum Gasteiger partial charge on any atom is 0.0249 e. The Balaban J connectivity index is 1.74. The maximum absolute atomic E-state index is 3.28. The van der Waals surface area contributed by atoms with E-state index in [4.69, 9.17) is 0 Å². The van der Waals surface area contributed by atoms with Crippen LogP contribution in [0.4, 0.5) is 0 Å². The van der Waals surface area contributed by atoms with Gasteiger partial charge in [-0.15, -0.1) is 0 Å². The lowest BCUT2D eigenvalue weighted by Gasteiger charge is -2.19. The zero-order valence-electron chi connectivity index (χ0n) is 17.9. The molecule has 0 radical (unpaired) electrons. The van der Waals surface area contributed by atoms with E-state index in [0.29, 0.717) is 0 Å². The van der Waals surface area contributed by atoms with Gasteiger partial charge in [-0.25, -0.2) is 0 Å².